The average Bonchev–Trinajstić information content (AvgIpc) is 2.73. The topological polar surface area (TPSA) is 84.5 Å². The van der Waals surface area contributed by atoms with Gasteiger partial charge in [0.25, 0.3) is 11.8 Å². The number of carbonyl (C=O) groups excluding carboxylic acids is 3. The lowest BCUT2D eigenvalue weighted by Gasteiger charge is -2.18. The minimum atomic E-state index is -0.955. The van der Waals surface area contributed by atoms with E-state index in [9.17, 15) is 14.4 Å². The first-order chi connectivity index (χ1) is 13.9. The van der Waals surface area contributed by atoms with Crippen LogP contribution in [0.2, 0.25) is 5.02 Å². The molecule has 2 aromatic rings. The van der Waals surface area contributed by atoms with Crippen LogP contribution < -0.4 is 10.6 Å². The van der Waals surface area contributed by atoms with Gasteiger partial charge in [-0.2, -0.15) is 0 Å². The van der Waals surface area contributed by atoms with E-state index >= 15 is 0 Å². The number of carbonyl (C=O) groups is 3. The molecule has 6 nitrogen and oxygen atoms in total. The van der Waals surface area contributed by atoms with Crippen LogP contribution >= 0.6 is 11.6 Å². The Labute approximate surface area is 175 Å². The first-order valence-electron chi connectivity index (χ1n) is 9.46. The number of nitrogens with one attached hydrogen (secondary N) is 2. The van der Waals surface area contributed by atoms with E-state index in [1.807, 2.05) is 30.3 Å². The van der Waals surface area contributed by atoms with Crippen molar-refractivity contribution in [2.24, 2.45) is 0 Å². The summed E-state index contributed by atoms with van der Waals surface area (Å²) in [4.78, 5) is 36.1. The zero-order chi connectivity index (χ0) is 21.2. The molecule has 2 atom stereocenters. The van der Waals surface area contributed by atoms with Gasteiger partial charge < -0.3 is 15.4 Å². The Kier molecular flexibility index (Phi) is 8.68. The molecule has 0 radical (unpaired) electrons. The number of halogens is 1. The summed E-state index contributed by atoms with van der Waals surface area (Å²) in [5.41, 5.74) is 1.52. The highest BCUT2D eigenvalue weighted by Gasteiger charge is 2.19. The maximum absolute atomic E-state index is 12.2. The summed E-state index contributed by atoms with van der Waals surface area (Å²) >= 11 is 5.78. The van der Waals surface area contributed by atoms with E-state index < -0.39 is 18.0 Å². The van der Waals surface area contributed by atoms with Gasteiger partial charge in [0.1, 0.15) is 6.54 Å². The molecule has 2 rings (SSSR count). The van der Waals surface area contributed by atoms with Gasteiger partial charge in [0, 0.05) is 23.0 Å². The van der Waals surface area contributed by atoms with Crippen molar-refractivity contribution >= 4 is 29.4 Å². The number of esters is 1. The van der Waals surface area contributed by atoms with Gasteiger partial charge in [-0.05, 0) is 43.2 Å². The smallest absolute Gasteiger partial charge is 0.326 e. The molecule has 0 bridgehead atoms. The largest absolute Gasteiger partial charge is 0.451 e. The molecule has 0 heterocycles. The molecule has 0 fully saturated rings. The standard InChI is InChI=1S/C22H25ClN2O4/c1-3-16(17-7-5-4-6-8-17)13-24-21(27)15(2)29-20(26)14-25-22(28)18-9-11-19(23)12-10-18/h4-12,15-16H,3,13-14H2,1-2H3,(H,24,27)(H,25,28)/t15-,16-/m1/s1. The highest BCUT2D eigenvalue weighted by Crippen LogP contribution is 2.18. The second kappa shape index (κ2) is 11.2. The van der Waals surface area contributed by atoms with Crippen molar-refractivity contribution in [2.45, 2.75) is 32.3 Å². The third kappa shape index (κ3) is 7.23. The van der Waals surface area contributed by atoms with Crippen molar-refractivity contribution < 1.29 is 19.1 Å². The SMILES string of the molecule is CC[C@H](CNC(=O)[C@@H](C)OC(=O)CNC(=O)c1ccc(Cl)cc1)c1ccccc1. The molecule has 0 spiro atoms. The van der Waals surface area contributed by atoms with Gasteiger partial charge in [-0.3, -0.25) is 14.4 Å². The van der Waals surface area contributed by atoms with Gasteiger partial charge in [0.15, 0.2) is 6.10 Å². The molecule has 0 unspecified atom stereocenters. The molecule has 154 valence electrons. The molecule has 0 aliphatic heterocycles. The van der Waals surface area contributed by atoms with Crippen LogP contribution in [0.15, 0.2) is 54.6 Å². The van der Waals surface area contributed by atoms with Crippen molar-refractivity contribution in [2.75, 3.05) is 13.1 Å². The quantitative estimate of drug-likeness (QED) is 0.614. The molecule has 2 aromatic carbocycles. The van der Waals surface area contributed by atoms with Crippen LogP contribution in [0, 0.1) is 0 Å². The van der Waals surface area contributed by atoms with Crippen LogP contribution in [-0.4, -0.2) is 37.0 Å². The Bertz CT molecular complexity index is 824. The average molecular weight is 417 g/mol. The summed E-state index contributed by atoms with van der Waals surface area (Å²) in [5.74, 6) is -1.31. The Morgan fingerprint density at radius 1 is 1.00 bits per heavy atom. The second-order valence-electron chi connectivity index (χ2n) is 6.58. The fraction of sp³-hybridized carbons (Fsp3) is 0.318. The second-order valence-corrected chi connectivity index (χ2v) is 7.02. The molecular formula is C22H25ClN2O4. The lowest BCUT2D eigenvalue weighted by Crippen LogP contribution is -2.40. The van der Waals surface area contributed by atoms with Gasteiger partial charge in [-0.25, -0.2) is 0 Å². The van der Waals surface area contributed by atoms with Crippen LogP contribution in [0.4, 0.5) is 0 Å². The van der Waals surface area contributed by atoms with Crippen LogP contribution in [-0.2, 0) is 14.3 Å². The van der Waals surface area contributed by atoms with Crippen molar-refractivity contribution in [1.29, 1.82) is 0 Å². The summed E-state index contributed by atoms with van der Waals surface area (Å²) < 4.78 is 5.10. The van der Waals surface area contributed by atoms with Crippen LogP contribution in [0.3, 0.4) is 0 Å². The van der Waals surface area contributed by atoms with Gasteiger partial charge in [0.05, 0.1) is 0 Å². The molecule has 7 heteroatoms. The maximum Gasteiger partial charge on any atom is 0.326 e. The first kappa shape index (κ1) is 22.4. The van der Waals surface area contributed by atoms with Crippen molar-refractivity contribution in [3.63, 3.8) is 0 Å². The molecule has 2 N–H and O–H groups in total. The summed E-state index contributed by atoms with van der Waals surface area (Å²) in [6.07, 6.45) is -0.0851. The van der Waals surface area contributed by atoms with E-state index in [-0.39, 0.29) is 18.4 Å². The Hall–Kier alpha value is -2.86. The molecule has 2 amide bonds. The van der Waals surface area contributed by atoms with Crippen molar-refractivity contribution in [3.8, 4) is 0 Å². The third-order valence-corrected chi connectivity index (χ3v) is 4.72. The van der Waals surface area contributed by atoms with E-state index in [0.29, 0.717) is 17.1 Å². The number of rotatable bonds is 9. The summed E-state index contributed by atoms with van der Waals surface area (Å²) in [7, 11) is 0. The van der Waals surface area contributed by atoms with Crippen LogP contribution in [0.25, 0.3) is 0 Å². The highest BCUT2D eigenvalue weighted by atomic mass is 35.5. The van der Waals surface area contributed by atoms with E-state index in [1.165, 1.54) is 6.92 Å². The minimum Gasteiger partial charge on any atom is -0.451 e. The van der Waals surface area contributed by atoms with E-state index in [2.05, 4.69) is 17.6 Å². The van der Waals surface area contributed by atoms with E-state index in [0.717, 1.165) is 12.0 Å². The zero-order valence-corrected chi connectivity index (χ0v) is 17.2. The van der Waals surface area contributed by atoms with Gasteiger partial charge in [-0.1, -0.05) is 48.9 Å². The summed E-state index contributed by atoms with van der Waals surface area (Å²) in [6.45, 7) is 3.67. The fourth-order valence-electron chi connectivity index (χ4n) is 2.74. The fourth-order valence-corrected chi connectivity index (χ4v) is 2.86. The molecular weight excluding hydrogens is 392 g/mol. The third-order valence-electron chi connectivity index (χ3n) is 4.46. The summed E-state index contributed by atoms with van der Waals surface area (Å²) in [5, 5.41) is 5.78. The Balaban J connectivity index is 1.75. The molecule has 0 aromatic heterocycles. The maximum atomic E-state index is 12.2. The molecule has 0 saturated heterocycles. The van der Waals surface area contributed by atoms with Crippen LogP contribution in [0.5, 0.6) is 0 Å². The monoisotopic (exact) mass is 416 g/mol. The minimum absolute atomic E-state index is 0.182. The molecule has 0 saturated carbocycles. The van der Waals surface area contributed by atoms with Gasteiger partial charge in [-0.15, -0.1) is 0 Å². The van der Waals surface area contributed by atoms with Gasteiger partial charge in [0.2, 0.25) is 0 Å². The van der Waals surface area contributed by atoms with E-state index in [4.69, 9.17) is 16.3 Å². The predicted molar refractivity (Wildman–Crippen MR) is 112 cm³/mol. The zero-order valence-electron chi connectivity index (χ0n) is 16.5. The number of hydrogen-bond donors (Lipinski definition) is 2. The lowest BCUT2D eigenvalue weighted by atomic mass is 9.96. The normalized spacial score (nSPS) is 12.5. The van der Waals surface area contributed by atoms with Gasteiger partial charge >= 0.3 is 5.97 Å². The van der Waals surface area contributed by atoms with Crippen molar-refractivity contribution in [3.05, 3.63) is 70.7 Å². The molecule has 0 aliphatic rings. The number of amides is 2. The number of ether oxygens (including phenoxy) is 1. The predicted octanol–water partition coefficient (Wildman–Crippen LogP) is 3.31. The number of benzene rings is 2. The Morgan fingerprint density at radius 3 is 2.28 bits per heavy atom. The first-order valence-corrected chi connectivity index (χ1v) is 9.84. The number of hydrogen-bond acceptors (Lipinski definition) is 4. The highest BCUT2D eigenvalue weighted by molar-refractivity contribution is 6.30. The molecule has 29 heavy (non-hydrogen) atoms. The van der Waals surface area contributed by atoms with Crippen LogP contribution in [0.1, 0.15) is 42.1 Å². The summed E-state index contributed by atoms with van der Waals surface area (Å²) in [6, 6.07) is 16.2. The van der Waals surface area contributed by atoms with Crippen molar-refractivity contribution in [1.82, 2.24) is 10.6 Å². The Morgan fingerprint density at radius 2 is 1.66 bits per heavy atom. The lowest BCUT2D eigenvalue weighted by molar-refractivity contribution is -0.153. The molecule has 0 aliphatic carbocycles. The van der Waals surface area contributed by atoms with E-state index in [1.54, 1.807) is 24.3 Å².